The van der Waals surface area contributed by atoms with Crippen LogP contribution in [0, 0.1) is 0 Å². The van der Waals surface area contributed by atoms with Gasteiger partial charge in [-0.3, -0.25) is 0 Å². The summed E-state index contributed by atoms with van der Waals surface area (Å²) in [5.41, 5.74) is -0.484. The van der Waals surface area contributed by atoms with Gasteiger partial charge in [-0.2, -0.15) is 4.31 Å². The maximum Gasteiger partial charge on any atom is 0.338 e. The van der Waals surface area contributed by atoms with E-state index in [1.165, 1.54) is 4.31 Å². The first kappa shape index (κ1) is 17.8. The molecule has 24 heavy (non-hydrogen) atoms. The molecule has 0 aromatic carbocycles. The van der Waals surface area contributed by atoms with Crippen molar-refractivity contribution in [2.24, 2.45) is 0 Å². The van der Waals surface area contributed by atoms with Crippen molar-refractivity contribution in [1.29, 1.82) is 0 Å². The normalized spacial score (nSPS) is 25.4. The van der Waals surface area contributed by atoms with Crippen LogP contribution in [0.2, 0.25) is 0 Å². The highest BCUT2D eigenvalue weighted by Gasteiger charge is 2.41. The molecule has 0 spiro atoms. The molecule has 0 aliphatic carbocycles. The molecule has 7 nitrogen and oxygen atoms in total. The highest BCUT2D eigenvalue weighted by Crippen LogP contribution is 2.37. The predicted octanol–water partition coefficient (Wildman–Crippen LogP) is 1.02. The molecule has 0 bridgehead atoms. The quantitative estimate of drug-likeness (QED) is 0.726. The van der Waals surface area contributed by atoms with Gasteiger partial charge in [-0.1, -0.05) is 6.92 Å². The van der Waals surface area contributed by atoms with Gasteiger partial charge in [0.2, 0.25) is 0 Å². The summed E-state index contributed by atoms with van der Waals surface area (Å²) in [6.45, 7) is 3.29. The van der Waals surface area contributed by atoms with Crippen molar-refractivity contribution in [2.75, 3.05) is 19.6 Å². The van der Waals surface area contributed by atoms with Crippen LogP contribution in [-0.2, 0) is 23.0 Å². The third-order valence-electron chi connectivity index (χ3n) is 4.86. The Morgan fingerprint density at radius 3 is 2.88 bits per heavy atom. The Morgan fingerprint density at radius 2 is 2.21 bits per heavy atom. The fourth-order valence-corrected chi connectivity index (χ4v) is 6.95. The average molecular weight is 374 g/mol. The fraction of sp³-hybridized carbons (Fsp3) is 0.667. The van der Waals surface area contributed by atoms with Crippen molar-refractivity contribution in [3.63, 3.8) is 0 Å². The molecule has 1 aromatic rings. The summed E-state index contributed by atoms with van der Waals surface area (Å²) in [4.78, 5) is 12.5. The first-order chi connectivity index (χ1) is 11.3. The van der Waals surface area contributed by atoms with Crippen LogP contribution in [0.1, 0.15) is 47.0 Å². The van der Waals surface area contributed by atoms with Gasteiger partial charge in [-0.05, 0) is 37.8 Å². The van der Waals surface area contributed by atoms with Crippen molar-refractivity contribution in [3.8, 4) is 0 Å². The Bertz CT molecular complexity index is 758. The number of piperidine rings is 1. The first-order valence-corrected chi connectivity index (χ1v) is 10.4. The molecule has 134 valence electrons. The van der Waals surface area contributed by atoms with Crippen molar-refractivity contribution in [1.82, 2.24) is 9.62 Å². The van der Waals surface area contributed by atoms with Gasteiger partial charge in [0.25, 0.3) is 10.0 Å². The third-order valence-corrected chi connectivity index (χ3v) is 8.43. The van der Waals surface area contributed by atoms with E-state index < -0.39 is 21.6 Å². The molecular formula is C15H22N2O5S2. The van der Waals surface area contributed by atoms with Gasteiger partial charge in [0.15, 0.2) is 0 Å². The summed E-state index contributed by atoms with van der Waals surface area (Å²) in [5.74, 6) is -1.20. The lowest BCUT2D eigenvalue weighted by Gasteiger charge is -2.37. The van der Waals surface area contributed by atoms with Crippen LogP contribution in [0.4, 0.5) is 0 Å². The van der Waals surface area contributed by atoms with Crippen LogP contribution in [0.5, 0.6) is 0 Å². The molecule has 0 amide bonds. The minimum Gasteiger partial charge on any atom is -0.478 e. The SMILES string of the molecule is CC[C@]1(O)CCCN(S(=O)(=O)c2sc3c(c2C(=O)O)CCNC3)C1. The van der Waals surface area contributed by atoms with Crippen molar-refractivity contribution >= 4 is 27.3 Å². The number of nitrogens with one attached hydrogen (secondary N) is 1. The van der Waals surface area contributed by atoms with Gasteiger partial charge in [0.1, 0.15) is 4.21 Å². The predicted molar refractivity (Wildman–Crippen MR) is 89.9 cm³/mol. The van der Waals surface area contributed by atoms with E-state index in [9.17, 15) is 23.4 Å². The number of hydrogen-bond acceptors (Lipinski definition) is 6. The van der Waals surface area contributed by atoms with Crippen LogP contribution in [0.15, 0.2) is 4.21 Å². The molecule has 1 saturated heterocycles. The van der Waals surface area contributed by atoms with Gasteiger partial charge in [-0.15, -0.1) is 11.3 Å². The number of aromatic carboxylic acids is 1. The van der Waals surface area contributed by atoms with Crippen LogP contribution >= 0.6 is 11.3 Å². The number of carboxylic acid groups (broad SMARTS) is 1. The molecule has 0 saturated carbocycles. The maximum atomic E-state index is 13.1. The highest BCUT2D eigenvalue weighted by molar-refractivity contribution is 7.91. The Kier molecular flexibility index (Phi) is 4.73. The minimum absolute atomic E-state index is 0.0196. The van der Waals surface area contributed by atoms with Crippen molar-refractivity contribution in [3.05, 3.63) is 16.0 Å². The summed E-state index contributed by atoms with van der Waals surface area (Å²) in [6.07, 6.45) is 2.11. The smallest absolute Gasteiger partial charge is 0.338 e. The molecule has 0 unspecified atom stereocenters. The van der Waals surface area contributed by atoms with Gasteiger partial charge >= 0.3 is 5.97 Å². The zero-order chi connectivity index (χ0) is 17.5. The molecule has 2 aliphatic heterocycles. The number of sulfonamides is 1. The number of hydrogen-bond donors (Lipinski definition) is 3. The number of fused-ring (bicyclic) bond motifs is 1. The second-order valence-corrected chi connectivity index (χ2v) is 9.66. The lowest BCUT2D eigenvalue weighted by Crippen LogP contribution is -2.49. The number of rotatable bonds is 4. The molecule has 1 fully saturated rings. The van der Waals surface area contributed by atoms with Crippen LogP contribution < -0.4 is 5.32 Å². The third kappa shape index (κ3) is 2.99. The first-order valence-electron chi connectivity index (χ1n) is 8.09. The topological polar surface area (TPSA) is 107 Å². The van der Waals surface area contributed by atoms with Crippen LogP contribution in [-0.4, -0.2) is 54.1 Å². The average Bonchev–Trinajstić information content (AvgIpc) is 2.95. The highest BCUT2D eigenvalue weighted by atomic mass is 32.2. The molecule has 1 aromatic heterocycles. The summed E-state index contributed by atoms with van der Waals surface area (Å²) in [7, 11) is -3.93. The Morgan fingerprint density at radius 1 is 1.46 bits per heavy atom. The molecule has 1 atom stereocenters. The Balaban J connectivity index is 2.04. The number of thiophene rings is 1. The zero-order valence-corrected chi connectivity index (χ0v) is 15.2. The van der Waals surface area contributed by atoms with E-state index >= 15 is 0 Å². The molecule has 3 rings (SSSR count). The second-order valence-electron chi connectivity index (χ2n) is 6.42. The largest absolute Gasteiger partial charge is 0.478 e. The fourth-order valence-electron chi connectivity index (χ4n) is 3.39. The van der Waals surface area contributed by atoms with Gasteiger partial charge < -0.3 is 15.5 Å². The number of carboxylic acids is 1. The summed E-state index contributed by atoms with van der Waals surface area (Å²) in [5, 5.41) is 23.2. The van der Waals surface area contributed by atoms with Gasteiger partial charge in [0, 0.05) is 24.5 Å². The van der Waals surface area contributed by atoms with E-state index in [1.54, 1.807) is 0 Å². The molecule has 3 heterocycles. The van der Waals surface area contributed by atoms with Crippen molar-refractivity contribution in [2.45, 2.75) is 49.0 Å². The number of β-amino-alcohol motifs (C(OH)–C–C–N with tert-alkyl or cyclic N) is 1. The van der Waals surface area contributed by atoms with Gasteiger partial charge in [-0.25, -0.2) is 13.2 Å². The Labute approximate surface area is 145 Å². The van der Waals surface area contributed by atoms with E-state index in [1.807, 2.05) is 6.92 Å². The summed E-state index contributed by atoms with van der Waals surface area (Å²) >= 11 is 1.04. The van der Waals surface area contributed by atoms with E-state index in [2.05, 4.69) is 5.32 Å². The van der Waals surface area contributed by atoms with Gasteiger partial charge in [0.05, 0.1) is 11.2 Å². The lowest BCUT2D eigenvalue weighted by atomic mass is 9.92. The summed E-state index contributed by atoms with van der Waals surface area (Å²) < 4.78 is 27.3. The monoisotopic (exact) mass is 374 g/mol. The van der Waals surface area contributed by atoms with Crippen molar-refractivity contribution < 1.29 is 23.4 Å². The number of aliphatic hydroxyl groups is 1. The minimum atomic E-state index is -3.93. The molecule has 0 radical (unpaired) electrons. The van der Waals surface area contributed by atoms with E-state index in [0.717, 1.165) is 16.2 Å². The zero-order valence-electron chi connectivity index (χ0n) is 13.5. The van der Waals surface area contributed by atoms with E-state index in [-0.39, 0.29) is 16.3 Å². The Hall–Kier alpha value is -1.00. The molecule has 2 aliphatic rings. The molecule has 3 N–H and O–H groups in total. The van der Waals surface area contributed by atoms with Crippen LogP contribution in [0.25, 0.3) is 0 Å². The number of carbonyl (C=O) groups is 1. The van der Waals surface area contributed by atoms with E-state index in [0.29, 0.717) is 50.9 Å². The summed E-state index contributed by atoms with van der Waals surface area (Å²) in [6, 6.07) is 0. The lowest BCUT2D eigenvalue weighted by molar-refractivity contribution is -0.0107. The van der Waals surface area contributed by atoms with E-state index in [4.69, 9.17) is 0 Å². The maximum absolute atomic E-state index is 13.1. The second kappa shape index (κ2) is 6.38. The van der Waals surface area contributed by atoms with Crippen LogP contribution in [0.3, 0.4) is 0 Å². The standard InChI is InChI=1S/C15H22N2O5S2/c1-2-15(20)5-3-7-17(9-15)24(21,22)14-12(13(18)19)10-4-6-16-8-11(10)23-14/h16,20H,2-9H2,1H3,(H,18,19)/t15-/m0/s1. The molecular weight excluding hydrogens is 352 g/mol. The number of nitrogens with zero attached hydrogens (tertiary/aromatic N) is 1. The molecule has 9 heteroatoms.